The second-order valence-electron chi connectivity index (χ2n) is 12.9. The van der Waals surface area contributed by atoms with Gasteiger partial charge in [0.15, 0.2) is 0 Å². The van der Waals surface area contributed by atoms with Crippen LogP contribution in [0.3, 0.4) is 0 Å². The molecule has 3 N–H and O–H groups in total. The number of nitrogens with one attached hydrogen (secondary N) is 2. The normalized spacial score (nSPS) is 20.8. The smallest absolute Gasteiger partial charge is 0.407 e. The average Bonchev–Trinajstić information content (AvgIpc) is 3.56. The predicted octanol–water partition coefficient (Wildman–Crippen LogP) is 7.08. The van der Waals surface area contributed by atoms with Gasteiger partial charge in [-0.25, -0.2) is 14.6 Å². The Kier molecular flexibility index (Phi) is 13.5. The van der Waals surface area contributed by atoms with Crippen LogP contribution in [0, 0.1) is 0 Å². The van der Waals surface area contributed by atoms with Gasteiger partial charge in [0.2, 0.25) is 11.8 Å². The zero-order valence-electron chi connectivity index (χ0n) is 28.9. The van der Waals surface area contributed by atoms with Crippen molar-refractivity contribution in [2.75, 3.05) is 13.2 Å². The molecule has 1 saturated heterocycles. The number of unbranched alkanes of at least 4 members (excludes halogenated alkanes) is 1. The molecule has 2 aliphatic rings. The van der Waals surface area contributed by atoms with Crippen molar-refractivity contribution in [1.29, 1.82) is 0 Å². The highest BCUT2D eigenvalue weighted by molar-refractivity contribution is 14.1. The lowest BCUT2D eigenvalue weighted by Crippen LogP contribution is -2.53. The molecule has 0 unspecified atom stereocenters. The molecule has 1 fully saturated rings. The van der Waals surface area contributed by atoms with E-state index in [9.17, 15) is 24.3 Å². The number of hydrogen-bond donors (Lipinski definition) is 3. The highest BCUT2D eigenvalue weighted by Gasteiger charge is 2.44. The first-order chi connectivity index (χ1) is 24.7. The number of carbonyl (C=O) groups is 4. The minimum Gasteiger partial charge on any atom is -0.488 e. The molecule has 0 spiro atoms. The van der Waals surface area contributed by atoms with Gasteiger partial charge < -0.3 is 30.1 Å². The lowest BCUT2D eigenvalue weighted by Gasteiger charge is -2.28. The van der Waals surface area contributed by atoms with Crippen molar-refractivity contribution in [1.82, 2.24) is 20.5 Å². The van der Waals surface area contributed by atoms with Crippen LogP contribution in [-0.2, 0) is 25.5 Å². The fraction of sp³-hybridized carbons (Fsp3) is 0.410. The zero-order chi connectivity index (χ0) is 36.3. The number of hydrogen-bond acceptors (Lipinski definition) is 7. The lowest BCUT2D eigenvalue weighted by molar-refractivity contribution is -0.140. The maximum atomic E-state index is 14.3. The van der Waals surface area contributed by atoms with Gasteiger partial charge in [0, 0.05) is 27.0 Å². The van der Waals surface area contributed by atoms with Gasteiger partial charge in [-0.1, -0.05) is 88.1 Å². The summed E-state index contributed by atoms with van der Waals surface area (Å²) >= 11 is 1.79. The van der Waals surface area contributed by atoms with E-state index in [1.165, 1.54) is 11.0 Å². The molecular formula is C39H45IN4O7. The van der Waals surface area contributed by atoms with Gasteiger partial charge in [-0.15, -0.1) is 0 Å². The van der Waals surface area contributed by atoms with Crippen molar-refractivity contribution in [2.45, 2.75) is 89.3 Å². The Balaban J connectivity index is 1.56. The summed E-state index contributed by atoms with van der Waals surface area (Å²) < 4.78 is 12.4. The number of carboxylic acids is 1. The van der Waals surface area contributed by atoms with Crippen LogP contribution >= 0.6 is 22.6 Å². The molecule has 3 amide bonds. The summed E-state index contributed by atoms with van der Waals surface area (Å²) in [5.74, 6) is -1.90. The molecule has 51 heavy (non-hydrogen) atoms. The van der Waals surface area contributed by atoms with Gasteiger partial charge in [-0.3, -0.25) is 9.59 Å². The lowest BCUT2D eigenvalue weighted by atomic mass is 10.0. The van der Waals surface area contributed by atoms with Gasteiger partial charge in [0.1, 0.15) is 29.6 Å². The fourth-order valence-electron chi connectivity index (χ4n) is 6.51. The van der Waals surface area contributed by atoms with Gasteiger partial charge in [-0.2, -0.15) is 0 Å². The summed E-state index contributed by atoms with van der Waals surface area (Å²) in [7, 11) is 0. The third-order valence-electron chi connectivity index (χ3n) is 9.21. The van der Waals surface area contributed by atoms with E-state index < -0.39 is 42.1 Å². The number of carboxylic acid groups (broad SMARTS) is 1. The second-order valence-corrected chi connectivity index (χ2v) is 14.1. The minimum atomic E-state index is -1.34. The SMILES string of the molecule is C=C/C(I)=C(/NC(=O)[C@@H]1C[C@@H]2CN1C(=O)[C@H](CCCC)NC(=O)OCCCCCCCc1ccc3nc(-c4ccccc4)cc(c3c1)O2)C(=O)O. The number of nitrogens with zero attached hydrogens (tertiary/aromatic N) is 2. The molecule has 0 radical (unpaired) electrons. The molecule has 0 saturated carbocycles. The quantitative estimate of drug-likeness (QED) is 0.124. The van der Waals surface area contributed by atoms with Crippen molar-refractivity contribution in [2.24, 2.45) is 0 Å². The highest BCUT2D eigenvalue weighted by atomic mass is 127. The van der Waals surface area contributed by atoms with Crippen molar-refractivity contribution < 1.29 is 33.8 Å². The molecule has 270 valence electrons. The molecule has 1 aromatic heterocycles. The van der Waals surface area contributed by atoms with Gasteiger partial charge >= 0.3 is 12.1 Å². The van der Waals surface area contributed by atoms with Crippen LogP contribution in [0.1, 0.15) is 70.3 Å². The number of pyridine rings is 1. The van der Waals surface area contributed by atoms with Gasteiger partial charge in [0.25, 0.3) is 0 Å². The van der Waals surface area contributed by atoms with Crippen LogP contribution in [0.15, 0.2) is 76.5 Å². The summed E-state index contributed by atoms with van der Waals surface area (Å²) in [6.07, 6.45) is 7.44. The van der Waals surface area contributed by atoms with Gasteiger partial charge in [-0.05, 0) is 66.0 Å². The number of aryl methyl sites for hydroxylation is 1. The number of cyclic esters (lactones) is 1. The second kappa shape index (κ2) is 18.2. The van der Waals surface area contributed by atoms with Crippen LogP contribution < -0.4 is 15.4 Å². The number of alkyl carbamates (subject to hydrolysis) is 1. The van der Waals surface area contributed by atoms with Crippen LogP contribution in [0.4, 0.5) is 4.79 Å². The average molecular weight is 809 g/mol. The highest BCUT2D eigenvalue weighted by Crippen LogP contribution is 2.34. The molecular weight excluding hydrogens is 763 g/mol. The number of aliphatic carboxylic acids is 1. The number of benzene rings is 2. The Labute approximate surface area is 312 Å². The van der Waals surface area contributed by atoms with Crippen LogP contribution in [0.2, 0.25) is 0 Å². The van der Waals surface area contributed by atoms with E-state index >= 15 is 0 Å². The molecule has 0 aliphatic carbocycles. The Morgan fingerprint density at radius 3 is 2.61 bits per heavy atom. The van der Waals surface area contributed by atoms with Crippen molar-refractivity contribution in [3.63, 3.8) is 0 Å². The number of carbonyl (C=O) groups excluding carboxylic acids is 3. The first kappa shape index (κ1) is 37.8. The van der Waals surface area contributed by atoms with E-state index in [0.29, 0.717) is 25.0 Å². The Bertz CT molecular complexity index is 1780. The van der Waals surface area contributed by atoms with E-state index in [2.05, 4.69) is 29.3 Å². The summed E-state index contributed by atoms with van der Waals surface area (Å²) in [4.78, 5) is 59.5. The summed E-state index contributed by atoms with van der Waals surface area (Å²) in [6, 6.07) is 15.9. The number of aromatic nitrogens is 1. The minimum absolute atomic E-state index is 0.0329. The third-order valence-corrected chi connectivity index (χ3v) is 10.2. The van der Waals surface area contributed by atoms with E-state index in [1.807, 2.05) is 49.4 Å². The van der Waals surface area contributed by atoms with E-state index in [4.69, 9.17) is 14.5 Å². The summed E-state index contributed by atoms with van der Waals surface area (Å²) in [5.41, 5.74) is 3.21. The maximum absolute atomic E-state index is 14.3. The largest absolute Gasteiger partial charge is 0.488 e. The Hall–Kier alpha value is -4.46. The molecule has 3 aromatic rings. The van der Waals surface area contributed by atoms with Crippen molar-refractivity contribution >= 4 is 57.4 Å². The molecule has 5 rings (SSSR count). The molecule has 12 heteroatoms. The summed E-state index contributed by atoms with van der Waals surface area (Å²) in [6.45, 7) is 5.89. The first-order valence-corrected chi connectivity index (χ1v) is 18.7. The topological polar surface area (TPSA) is 147 Å². The summed E-state index contributed by atoms with van der Waals surface area (Å²) in [5, 5.41) is 15.9. The molecule has 2 aliphatic heterocycles. The van der Waals surface area contributed by atoms with E-state index in [0.717, 1.165) is 66.2 Å². The third kappa shape index (κ3) is 9.87. The maximum Gasteiger partial charge on any atom is 0.407 e. The number of fused-ring (bicyclic) bond motifs is 3. The van der Waals surface area contributed by atoms with Crippen LogP contribution in [0.5, 0.6) is 5.75 Å². The molecule has 3 atom stereocenters. The number of allylic oxidation sites excluding steroid dienone is 2. The number of ether oxygens (including phenoxy) is 2. The fourth-order valence-corrected chi connectivity index (χ4v) is 6.87. The standard InChI is InChI=1S/C39H45IN4O7/c1-3-5-17-31-37(46)44-24-27(22-33(44)36(45)43-35(38(47)48)29(40)4-2)51-34-23-32(26-15-11-9-12-16-26)41-30-19-18-25(21-28(30)34)14-10-7-6-8-13-20-50-39(49)42-31/h4,9,11-12,15-16,18-19,21,23,27,31,33H,2-3,5-8,10,13-14,17,20,22,24H2,1H3,(H,42,49)(H,43,45)(H,47,48)/b35-29-/t27-,31+,33+/m1/s1. The van der Waals surface area contributed by atoms with Crippen molar-refractivity contribution in [3.8, 4) is 17.0 Å². The molecule has 4 bridgehead atoms. The van der Waals surface area contributed by atoms with E-state index in [-0.39, 0.29) is 28.8 Å². The van der Waals surface area contributed by atoms with E-state index in [1.54, 1.807) is 22.6 Å². The first-order valence-electron chi connectivity index (χ1n) is 17.6. The molecule has 2 aromatic carbocycles. The number of amides is 3. The predicted molar refractivity (Wildman–Crippen MR) is 203 cm³/mol. The molecule has 11 nitrogen and oxygen atoms in total. The Morgan fingerprint density at radius 2 is 1.86 bits per heavy atom. The molecule has 3 heterocycles. The number of rotatable bonds is 8. The Morgan fingerprint density at radius 1 is 1.10 bits per heavy atom. The zero-order valence-corrected chi connectivity index (χ0v) is 31.0. The van der Waals surface area contributed by atoms with Crippen LogP contribution in [-0.4, -0.2) is 70.2 Å². The van der Waals surface area contributed by atoms with Gasteiger partial charge in [0.05, 0.1) is 24.4 Å². The van der Waals surface area contributed by atoms with Crippen molar-refractivity contribution in [3.05, 3.63) is 82.1 Å². The monoisotopic (exact) mass is 808 g/mol. The number of halogens is 1. The van der Waals surface area contributed by atoms with Crippen LogP contribution in [0.25, 0.3) is 22.2 Å².